The van der Waals surface area contributed by atoms with E-state index in [-0.39, 0.29) is 16.9 Å². The van der Waals surface area contributed by atoms with Crippen LogP contribution in [-0.4, -0.2) is 38.9 Å². The number of hydrogen-bond acceptors (Lipinski definition) is 3. The molecule has 0 amide bonds. The Morgan fingerprint density at radius 3 is 2.23 bits per heavy atom. The van der Waals surface area contributed by atoms with Crippen LogP contribution in [0.1, 0.15) is 116 Å². The second-order valence-corrected chi connectivity index (χ2v) is 17.0. The zero-order valence-electron chi connectivity index (χ0n) is 30.7. The average Bonchev–Trinajstić information content (AvgIpc) is 3.65. The van der Waals surface area contributed by atoms with Crippen molar-refractivity contribution in [2.24, 2.45) is 10.4 Å². The lowest BCUT2D eigenvalue weighted by Gasteiger charge is -2.35. The molecular formula is C44H54N4. The third-order valence-corrected chi connectivity index (χ3v) is 10.9. The van der Waals surface area contributed by atoms with Gasteiger partial charge in [-0.05, 0) is 96.2 Å². The van der Waals surface area contributed by atoms with Crippen LogP contribution in [0.2, 0.25) is 0 Å². The number of benzene rings is 3. The summed E-state index contributed by atoms with van der Waals surface area (Å²) < 4.78 is 2.50. The van der Waals surface area contributed by atoms with Crippen LogP contribution < -0.4 is 0 Å². The van der Waals surface area contributed by atoms with Gasteiger partial charge in [0.25, 0.3) is 0 Å². The summed E-state index contributed by atoms with van der Waals surface area (Å²) in [4.78, 5) is 13.1. The summed E-state index contributed by atoms with van der Waals surface area (Å²) in [6.45, 7) is 21.7. The zero-order chi connectivity index (χ0) is 34.0. The highest BCUT2D eigenvalue weighted by molar-refractivity contribution is 6.10. The van der Waals surface area contributed by atoms with Crippen LogP contribution in [-0.2, 0) is 5.41 Å². The molecule has 4 nitrogen and oxygen atoms in total. The molecule has 1 aliphatic heterocycles. The number of nitrogens with zero attached hydrogens (tertiary/aromatic N) is 4. The van der Waals surface area contributed by atoms with Crippen molar-refractivity contribution in [3.05, 3.63) is 95.2 Å². The summed E-state index contributed by atoms with van der Waals surface area (Å²) in [7, 11) is 0. The Kier molecular flexibility index (Phi) is 8.29. The van der Waals surface area contributed by atoms with Crippen molar-refractivity contribution in [3.63, 3.8) is 0 Å². The fraction of sp³-hybridized carbons (Fsp3) is 0.455. The number of aliphatic imine (C=N–C) groups is 1. The highest BCUT2D eigenvalue weighted by atomic mass is 15.3. The number of aryl methyl sites for hydroxylation is 1. The van der Waals surface area contributed by atoms with Crippen LogP contribution in [0, 0.1) is 12.3 Å². The van der Waals surface area contributed by atoms with Gasteiger partial charge >= 0.3 is 0 Å². The Hall–Kier alpha value is -3.92. The quantitative estimate of drug-likeness (QED) is 0.192. The number of fused-ring (bicyclic) bond motifs is 3. The minimum absolute atomic E-state index is 0.0579. The van der Waals surface area contributed by atoms with Crippen LogP contribution in [0.15, 0.2) is 77.9 Å². The number of pyridine rings is 1. The Morgan fingerprint density at radius 2 is 1.52 bits per heavy atom. The smallest absolute Gasteiger partial charge is 0.131 e. The van der Waals surface area contributed by atoms with Crippen LogP contribution >= 0.6 is 0 Å². The normalized spacial score (nSPS) is 18.0. The maximum absolute atomic E-state index is 5.55. The van der Waals surface area contributed by atoms with Crippen molar-refractivity contribution in [3.8, 4) is 16.9 Å². The van der Waals surface area contributed by atoms with Crippen molar-refractivity contribution in [2.45, 2.75) is 118 Å². The molecule has 4 heteroatoms. The van der Waals surface area contributed by atoms with Gasteiger partial charge in [0.05, 0.1) is 22.8 Å². The van der Waals surface area contributed by atoms with Crippen molar-refractivity contribution in [1.82, 2.24) is 14.5 Å². The standard InChI is InChI=1S/C44H54N4/c1-28(2)31-22-32(42-46-41(44(7,8)9)27-47(42)34-13-11-10-12-14-34)24-35(23-31)48-39-18-15-29(3)21-37(39)36-17-16-30(25-40(36)48)38-26-33(19-20-45-38)43(4,5)6/h15-26,28,34,41H,10-14,27H2,1-9H3/t41-/m0/s1. The number of aromatic nitrogens is 2. The predicted molar refractivity (Wildman–Crippen MR) is 205 cm³/mol. The van der Waals surface area contributed by atoms with E-state index < -0.39 is 0 Å². The summed E-state index contributed by atoms with van der Waals surface area (Å²) >= 11 is 0. The number of amidine groups is 1. The second kappa shape index (κ2) is 12.2. The van der Waals surface area contributed by atoms with Gasteiger partial charge in [-0.3, -0.25) is 9.98 Å². The number of rotatable bonds is 5. The molecule has 0 N–H and O–H groups in total. The molecule has 48 heavy (non-hydrogen) atoms. The first kappa shape index (κ1) is 32.6. The first-order valence-electron chi connectivity index (χ1n) is 18.3. The second-order valence-electron chi connectivity index (χ2n) is 17.0. The van der Waals surface area contributed by atoms with E-state index >= 15 is 0 Å². The molecule has 250 valence electrons. The molecule has 0 saturated heterocycles. The van der Waals surface area contributed by atoms with Gasteiger partial charge in [0.15, 0.2) is 0 Å². The van der Waals surface area contributed by atoms with Crippen LogP contribution in [0.5, 0.6) is 0 Å². The SMILES string of the molecule is Cc1ccc2c(c1)c1ccc(-c3cc(C(C)(C)C)ccn3)cc1n2-c1cc(C2=N[C@H](C(C)(C)C)CN2C2CCCCC2)cc(C(C)C)c1. The minimum Gasteiger partial charge on any atom is -0.351 e. The van der Waals surface area contributed by atoms with E-state index in [1.807, 2.05) is 6.20 Å². The molecule has 0 unspecified atom stereocenters. The lowest BCUT2D eigenvalue weighted by molar-refractivity contribution is 0.218. The molecule has 5 aromatic rings. The van der Waals surface area contributed by atoms with E-state index in [9.17, 15) is 0 Å². The molecule has 7 rings (SSSR count). The molecule has 2 aliphatic rings. The Bertz CT molecular complexity index is 2010. The van der Waals surface area contributed by atoms with Crippen molar-refractivity contribution in [2.75, 3.05) is 6.54 Å². The molecule has 3 heterocycles. The van der Waals surface area contributed by atoms with Gasteiger partial charge in [0.2, 0.25) is 0 Å². The maximum atomic E-state index is 5.55. The van der Waals surface area contributed by atoms with Crippen LogP contribution in [0.25, 0.3) is 38.8 Å². The minimum atomic E-state index is 0.0579. The van der Waals surface area contributed by atoms with Gasteiger partial charge in [-0.15, -0.1) is 0 Å². The summed E-state index contributed by atoms with van der Waals surface area (Å²) in [5, 5.41) is 2.56. The van der Waals surface area contributed by atoms with E-state index in [2.05, 4.69) is 139 Å². The highest BCUT2D eigenvalue weighted by Gasteiger charge is 2.37. The summed E-state index contributed by atoms with van der Waals surface area (Å²) in [6.07, 6.45) is 8.50. The van der Waals surface area contributed by atoms with Gasteiger partial charge in [-0.2, -0.15) is 0 Å². The lowest BCUT2D eigenvalue weighted by atomic mass is 9.87. The molecule has 0 radical (unpaired) electrons. The van der Waals surface area contributed by atoms with Crippen LogP contribution in [0.4, 0.5) is 0 Å². The van der Waals surface area contributed by atoms with Crippen molar-refractivity contribution in [1.29, 1.82) is 0 Å². The average molecular weight is 639 g/mol. The largest absolute Gasteiger partial charge is 0.351 e. The number of hydrogen-bond donors (Lipinski definition) is 0. The summed E-state index contributed by atoms with van der Waals surface area (Å²) in [5.74, 6) is 1.59. The summed E-state index contributed by atoms with van der Waals surface area (Å²) in [6, 6.07) is 26.4. The molecule has 1 atom stereocenters. The van der Waals surface area contributed by atoms with Gasteiger partial charge in [0.1, 0.15) is 5.84 Å². The molecule has 2 aromatic heterocycles. The molecular weight excluding hydrogens is 585 g/mol. The van der Waals surface area contributed by atoms with E-state index in [1.54, 1.807) is 0 Å². The third-order valence-electron chi connectivity index (χ3n) is 10.9. The predicted octanol–water partition coefficient (Wildman–Crippen LogP) is 11.4. The fourth-order valence-corrected chi connectivity index (χ4v) is 7.81. The lowest BCUT2D eigenvalue weighted by Crippen LogP contribution is -2.42. The molecule has 1 fully saturated rings. The fourth-order valence-electron chi connectivity index (χ4n) is 7.81. The zero-order valence-corrected chi connectivity index (χ0v) is 30.7. The van der Waals surface area contributed by atoms with Crippen molar-refractivity contribution < 1.29 is 0 Å². The first-order valence-corrected chi connectivity index (χ1v) is 18.3. The molecule has 3 aromatic carbocycles. The van der Waals surface area contributed by atoms with Crippen molar-refractivity contribution >= 4 is 27.6 Å². The molecule has 1 saturated carbocycles. The summed E-state index contributed by atoms with van der Waals surface area (Å²) in [5.41, 5.74) is 11.2. The molecule has 1 aliphatic carbocycles. The Balaban J connectivity index is 1.45. The topological polar surface area (TPSA) is 33.4 Å². The maximum Gasteiger partial charge on any atom is 0.131 e. The van der Waals surface area contributed by atoms with Gasteiger partial charge < -0.3 is 9.47 Å². The van der Waals surface area contributed by atoms with E-state index in [4.69, 9.17) is 9.98 Å². The van der Waals surface area contributed by atoms with Gasteiger partial charge in [-0.1, -0.05) is 98.4 Å². The van der Waals surface area contributed by atoms with Gasteiger partial charge in [-0.25, -0.2) is 0 Å². The van der Waals surface area contributed by atoms with E-state index in [1.165, 1.54) is 87.7 Å². The molecule has 0 spiro atoms. The van der Waals surface area contributed by atoms with Gasteiger partial charge in [0, 0.05) is 46.4 Å². The van der Waals surface area contributed by atoms with E-state index in [0.29, 0.717) is 12.0 Å². The third kappa shape index (κ3) is 6.08. The monoisotopic (exact) mass is 638 g/mol. The van der Waals surface area contributed by atoms with E-state index in [0.717, 1.165) is 17.8 Å². The highest BCUT2D eigenvalue weighted by Crippen LogP contribution is 2.39. The Morgan fingerprint density at radius 1 is 0.750 bits per heavy atom. The van der Waals surface area contributed by atoms with Crippen LogP contribution in [0.3, 0.4) is 0 Å². The Labute approximate surface area is 288 Å². The molecule has 0 bridgehead atoms. The first-order chi connectivity index (χ1) is 22.8.